The number of halogens is 3. The molecule has 0 unspecified atom stereocenters. The van der Waals surface area contributed by atoms with Crippen LogP contribution >= 0.6 is 23.1 Å². The third-order valence-electron chi connectivity index (χ3n) is 1.75. The average molecular weight is 314 g/mol. The highest BCUT2D eigenvalue weighted by atomic mass is 32.2. The molecule has 0 aliphatic rings. The van der Waals surface area contributed by atoms with Crippen LogP contribution in [0.15, 0.2) is 4.34 Å². The molecule has 0 aromatic carbocycles. The summed E-state index contributed by atoms with van der Waals surface area (Å²) in [4.78, 5) is 11.2. The highest BCUT2D eigenvalue weighted by Gasteiger charge is 2.27. The topological polar surface area (TPSA) is 66.9 Å². The molecular formula is C9H13F3N4OS2. The number of thioether (sulfide) groups is 1. The van der Waals surface area contributed by atoms with E-state index in [0.717, 1.165) is 24.7 Å². The number of aromatic nitrogens is 2. The third-order valence-corrected chi connectivity index (χ3v) is 3.76. The molecular weight excluding hydrogens is 301 g/mol. The van der Waals surface area contributed by atoms with Crippen molar-refractivity contribution in [3.8, 4) is 0 Å². The van der Waals surface area contributed by atoms with E-state index in [0.29, 0.717) is 9.47 Å². The van der Waals surface area contributed by atoms with Crippen LogP contribution in [0.1, 0.15) is 13.3 Å². The van der Waals surface area contributed by atoms with Crippen LogP contribution in [0.3, 0.4) is 0 Å². The number of nitrogens with one attached hydrogen (secondary N) is 2. The molecule has 0 aliphatic carbocycles. The van der Waals surface area contributed by atoms with Gasteiger partial charge in [0.15, 0.2) is 4.34 Å². The van der Waals surface area contributed by atoms with Crippen molar-refractivity contribution in [1.29, 1.82) is 0 Å². The Kier molecular flexibility index (Phi) is 6.35. The highest BCUT2D eigenvalue weighted by molar-refractivity contribution is 8.01. The van der Waals surface area contributed by atoms with Crippen LogP contribution in [0.4, 0.5) is 18.3 Å². The van der Waals surface area contributed by atoms with Gasteiger partial charge in [-0.15, -0.1) is 10.2 Å². The maximum Gasteiger partial charge on any atom is 0.405 e. The molecule has 0 fully saturated rings. The summed E-state index contributed by atoms with van der Waals surface area (Å²) in [5.41, 5.74) is 0. The first kappa shape index (κ1) is 16.0. The zero-order valence-corrected chi connectivity index (χ0v) is 11.7. The molecule has 0 saturated heterocycles. The number of hydrogen-bond acceptors (Lipinski definition) is 6. The number of nitrogens with zero attached hydrogens (tertiary/aromatic N) is 2. The Labute approximate surface area is 116 Å². The number of hydrogen-bond donors (Lipinski definition) is 2. The Bertz CT molecular complexity index is 410. The van der Waals surface area contributed by atoms with Gasteiger partial charge < -0.3 is 10.6 Å². The molecule has 0 atom stereocenters. The molecule has 0 radical (unpaired) electrons. The Morgan fingerprint density at radius 1 is 1.42 bits per heavy atom. The molecule has 2 N–H and O–H groups in total. The van der Waals surface area contributed by atoms with Crippen LogP contribution in [-0.2, 0) is 4.79 Å². The van der Waals surface area contributed by atoms with Gasteiger partial charge in [0.05, 0.1) is 5.75 Å². The lowest BCUT2D eigenvalue weighted by Crippen LogP contribution is -2.34. The molecule has 0 bridgehead atoms. The smallest absolute Gasteiger partial charge is 0.360 e. The lowest BCUT2D eigenvalue weighted by molar-refractivity contribution is -0.136. The van der Waals surface area contributed by atoms with Crippen LogP contribution in [0.5, 0.6) is 0 Å². The van der Waals surface area contributed by atoms with Crippen LogP contribution in [0.2, 0.25) is 0 Å². The molecule has 1 rings (SSSR count). The second kappa shape index (κ2) is 7.53. The van der Waals surface area contributed by atoms with E-state index in [4.69, 9.17) is 0 Å². The second-order valence-electron chi connectivity index (χ2n) is 3.48. The second-order valence-corrected chi connectivity index (χ2v) is 5.68. The number of amides is 1. The monoisotopic (exact) mass is 314 g/mol. The van der Waals surface area contributed by atoms with E-state index < -0.39 is 18.6 Å². The summed E-state index contributed by atoms with van der Waals surface area (Å²) in [6, 6.07) is 0. The van der Waals surface area contributed by atoms with Gasteiger partial charge in [-0.05, 0) is 6.42 Å². The standard InChI is InChI=1S/C9H13F3N4OS2/c1-2-3-13-7-15-16-8(19-7)18-4-6(17)14-5-9(10,11)12/h2-5H2,1H3,(H,13,15)(H,14,17). The fourth-order valence-corrected chi connectivity index (χ4v) is 2.56. The zero-order valence-electron chi connectivity index (χ0n) is 10.1. The third kappa shape index (κ3) is 7.21. The van der Waals surface area contributed by atoms with Crippen molar-refractivity contribution in [2.45, 2.75) is 23.9 Å². The molecule has 108 valence electrons. The lowest BCUT2D eigenvalue weighted by Gasteiger charge is -2.07. The van der Waals surface area contributed by atoms with Crippen molar-refractivity contribution in [2.75, 3.05) is 24.2 Å². The summed E-state index contributed by atoms with van der Waals surface area (Å²) in [6.45, 7) is 1.46. The van der Waals surface area contributed by atoms with Crippen LogP contribution in [0.25, 0.3) is 0 Å². The van der Waals surface area contributed by atoms with Crippen LogP contribution in [-0.4, -0.2) is 41.1 Å². The maximum atomic E-state index is 11.9. The Balaban J connectivity index is 2.28. The predicted octanol–water partition coefficient (Wildman–Crippen LogP) is 2.13. The normalized spacial score (nSPS) is 11.4. The molecule has 1 aromatic rings. The summed E-state index contributed by atoms with van der Waals surface area (Å²) in [7, 11) is 0. The van der Waals surface area contributed by atoms with Crippen molar-refractivity contribution >= 4 is 34.1 Å². The number of rotatable bonds is 7. The summed E-state index contributed by atoms with van der Waals surface area (Å²) < 4.78 is 36.1. The first-order valence-corrected chi connectivity index (χ1v) is 7.24. The largest absolute Gasteiger partial charge is 0.405 e. The summed E-state index contributed by atoms with van der Waals surface area (Å²) in [5, 5.41) is 13.1. The van der Waals surface area contributed by atoms with Gasteiger partial charge >= 0.3 is 6.18 Å². The van der Waals surface area contributed by atoms with Gasteiger partial charge in [0.1, 0.15) is 6.54 Å². The van der Waals surface area contributed by atoms with Crippen molar-refractivity contribution in [1.82, 2.24) is 15.5 Å². The Morgan fingerprint density at radius 2 is 2.16 bits per heavy atom. The first-order chi connectivity index (χ1) is 8.90. The number of alkyl halides is 3. The van der Waals surface area contributed by atoms with Crippen LogP contribution in [0, 0.1) is 0 Å². The van der Waals surface area contributed by atoms with E-state index >= 15 is 0 Å². The predicted molar refractivity (Wildman–Crippen MR) is 68.5 cm³/mol. The van der Waals surface area contributed by atoms with Crippen molar-refractivity contribution < 1.29 is 18.0 Å². The summed E-state index contributed by atoms with van der Waals surface area (Å²) >= 11 is 2.32. The average Bonchev–Trinajstić information content (AvgIpc) is 2.78. The molecule has 5 nitrogen and oxygen atoms in total. The van der Waals surface area contributed by atoms with Crippen LogP contribution < -0.4 is 10.6 Å². The number of carbonyl (C=O) groups is 1. The molecule has 10 heteroatoms. The first-order valence-electron chi connectivity index (χ1n) is 5.44. The number of carbonyl (C=O) groups excluding carboxylic acids is 1. The lowest BCUT2D eigenvalue weighted by atomic mass is 10.5. The minimum atomic E-state index is -4.39. The van der Waals surface area contributed by atoms with E-state index in [1.165, 1.54) is 11.3 Å². The van der Waals surface area contributed by atoms with E-state index in [1.54, 1.807) is 5.32 Å². The molecule has 0 spiro atoms. The van der Waals surface area contributed by atoms with Crippen molar-refractivity contribution in [2.24, 2.45) is 0 Å². The highest BCUT2D eigenvalue weighted by Crippen LogP contribution is 2.25. The Morgan fingerprint density at radius 3 is 2.79 bits per heavy atom. The van der Waals surface area contributed by atoms with Crippen molar-refractivity contribution in [3.05, 3.63) is 0 Å². The van der Waals surface area contributed by atoms with Gasteiger partial charge in [0, 0.05) is 6.54 Å². The van der Waals surface area contributed by atoms with E-state index in [2.05, 4.69) is 15.5 Å². The summed E-state index contributed by atoms with van der Waals surface area (Å²) in [6.07, 6.45) is -3.44. The number of anilines is 1. The molecule has 1 heterocycles. The fourth-order valence-electron chi connectivity index (χ4n) is 0.949. The Hall–Kier alpha value is -1.03. The molecule has 0 aliphatic heterocycles. The van der Waals surface area contributed by atoms with Gasteiger partial charge in [0.25, 0.3) is 0 Å². The molecule has 1 aromatic heterocycles. The zero-order chi connectivity index (χ0) is 14.3. The summed E-state index contributed by atoms with van der Waals surface area (Å²) in [5.74, 6) is -0.793. The minimum absolute atomic E-state index is 0.113. The molecule has 0 saturated carbocycles. The van der Waals surface area contributed by atoms with E-state index in [-0.39, 0.29) is 5.75 Å². The molecule has 1 amide bonds. The van der Waals surface area contributed by atoms with E-state index in [1.807, 2.05) is 6.92 Å². The quantitative estimate of drug-likeness (QED) is 0.755. The fraction of sp³-hybridized carbons (Fsp3) is 0.667. The maximum absolute atomic E-state index is 11.9. The molecule has 19 heavy (non-hydrogen) atoms. The van der Waals surface area contributed by atoms with Gasteiger partial charge in [-0.25, -0.2) is 0 Å². The van der Waals surface area contributed by atoms with Gasteiger partial charge in [-0.1, -0.05) is 30.0 Å². The van der Waals surface area contributed by atoms with Gasteiger partial charge in [-0.2, -0.15) is 13.2 Å². The van der Waals surface area contributed by atoms with Gasteiger partial charge in [-0.3, -0.25) is 4.79 Å². The van der Waals surface area contributed by atoms with Crippen molar-refractivity contribution in [3.63, 3.8) is 0 Å². The minimum Gasteiger partial charge on any atom is -0.360 e. The van der Waals surface area contributed by atoms with E-state index in [9.17, 15) is 18.0 Å². The van der Waals surface area contributed by atoms with Gasteiger partial charge in [0.2, 0.25) is 11.0 Å². The SMILES string of the molecule is CCCNc1nnc(SCC(=O)NCC(F)(F)F)s1.